The number of benzene rings is 1. The number of rotatable bonds is 7. The summed E-state index contributed by atoms with van der Waals surface area (Å²) in [7, 11) is 1.69. The summed E-state index contributed by atoms with van der Waals surface area (Å²) < 4.78 is 82.1. The smallest absolute Gasteiger partial charge is 0.410 e. The summed E-state index contributed by atoms with van der Waals surface area (Å²) in [5.74, 6) is -4.57. The Morgan fingerprint density at radius 1 is 1.04 bits per heavy atom. The average molecular weight is 754 g/mol. The van der Waals surface area contributed by atoms with E-state index in [9.17, 15) is 14.0 Å². The highest BCUT2D eigenvalue weighted by atomic mass is 19.3. The number of piperidine rings is 1. The van der Waals surface area contributed by atoms with Gasteiger partial charge in [0.2, 0.25) is 0 Å². The van der Waals surface area contributed by atoms with Crippen LogP contribution in [0.2, 0.25) is 0 Å². The van der Waals surface area contributed by atoms with Crippen LogP contribution in [-0.4, -0.2) is 105 Å². The van der Waals surface area contributed by atoms with E-state index in [1.54, 1.807) is 43.7 Å². The van der Waals surface area contributed by atoms with Gasteiger partial charge in [0.25, 0.3) is 11.8 Å². The number of imidazole rings is 1. The van der Waals surface area contributed by atoms with Crippen LogP contribution in [0.3, 0.4) is 0 Å². The van der Waals surface area contributed by atoms with Gasteiger partial charge in [0.05, 0.1) is 29.9 Å². The fourth-order valence-corrected chi connectivity index (χ4v) is 7.73. The van der Waals surface area contributed by atoms with Gasteiger partial charge < -0.3 is 25.2 Å². The molecular weight excluding hydrogens is 713 g/mol. The third-order valence-corrected chi connectivity index (χ3v) is 10.6. The Balaban J connectivity index is 0.991. The van der Waals surface area contributed by atoms with Crippen molar-refractivity contribution in [1.29, 1.82) is 0 Å². The van der Waals surface area contributed by atoms with Crippen molar-refractivity contribution >= 4 is 34.8 Å². The molecule has 17 heteroatoms. The molecule has 1 spiro atoms. The monoisotopic (exact) mass is 753 g/mol. The van der Waals surface area contributed by atoms with Gasteiger partial charge in [0.15, 0.2) is 17.2 Å². The standard InChI is InChI=1S/C37H40F5N9O3/c1-35(2,3)54-34(53)49-8-6-36(37(41,42)19-49)17-48(18-36)16-20-9-25(40)31(44-14-20)23-10-21(38)11-28-22(23)5-7-50(28)30-13-27(43-4)32-45-15-29(51(32)47-30)33(52)46-26-12-24(26)39/h9-11,13-15,24,26,43H,5-8,12,16-19H2,1-4H3,(H,46,52). The number of hydrogen-bond donors (Lipinski definition) is 2. The molecule has 1 saturated carbocycles. The molecule has 0 radical (unpaired) electrons. The van der Waals surface area contributed by atoms with E-state index in [0.717, 1.165) is 4.90 Å². The molecule has 286 valence electrons. The second kappa shape index (κ2) is 12.8. The van der Waals surface area contributed by atoms with Crippen molar-refractivity contribution in [2.45, 2.75) is 70.3 Å². The normalized spacial score (nSPS) is 21.6. The summed E-state index contributed by atoms with van der Waals surface area (Å²) in [4.78, 5) is 38.7. The molecule has 8 rings (SSSR count). The van der Waals surface area contributed by atoms with Crippen molar-refractivity contribution in [1.82, 2.24) is 34.7 Å². The first-order chi connectivity index (χ1) is 25.5. The van der Waals surface area contributed by atoms with Gasteiger partial charge in [-0.1, -0.05) is 0 Å². The predicted octanol–water partition coefficient (Wildman–Crippen LogP) is 5.72. The minimum absolute atomic E-state index is 0.0448. The van der Waals surface area contributed by atoms with Crippen molar-refractivity contribution in [2.75, 3.05) is 50.0 Å². The van der Waals surface area contributed by atoms with Crippen LogP contribution in [0.15, 0.2) is 36.7 Å². The van der Waals surface area contributed by atoms with E-state index in [0.29, 0.717) is 46.9 Å². The third kappa shape index (κ3) is 6.35. The highest BCUT2D eigenvalue weighted by Crippen LogP contribution is 2.51. The number of halogens is 5. The summed E-state index contributed by atoms with van der Waals surface area (Å²) in [6.07, 6.45) is 1.76. The second-order valence-electron chi connectivity index (χ2n) is 15.7. The largest absolute Gasteiger partial charge is 0.444 e. The van der Waals surface area contributed by atoms with Crippen LogP contribution in [0.25, 0.3) is 16.9 Å². The van der Waals surface area contributed by atoms with Gasteiger partial charge in [-0.25, -0.2) is 36.2 Å². The lowest BCUT2D eigenvalue weighted by Crippen LogP contribution is -2.70. The van der Waals surface area contributed by atoms with Gasteiger partial charge in [-0.2, -0.15) is 0 Å². The Morgan fingerprint density at radius 2 is 1.80 bits per heavy atom. The number of likely N-dealkylation sites (tertiary alicyclic amines) is 2. The number of amides is 2. The molecule has 4 aromatic rings. The molecular formula is C37H40F5N9O3. The van der Waals surface area contributed by atoms with Gasteiger partial charge in [-0.3, -0.25) is 14.7 Å². The van der Waals surface area contributed by atoms with Crippen LogP contribution in [0, 0.1) is 17.0 Å². The van der Waals surface area contributed by atoms with E-state index < -0.39 is 59.3 Å². The van der Waals surface area contributed by atoms with Crippen molar-refractivity contribution in [3.05, 3.63) is 65.1 Å². The molecule has 3 aliphatic heterocycles. The number of anilines is 3. The fourth-order valence-electron chi connectivity index (χ4n) is 7.73. The first-order valence-corrected chi connectivity index (χ1v) is 17.9. The van der Waals surface area contributed by atoms with Crippen LogP contribution in [0.4, 0.5) is 43.9 Å². The van der Waals surface area contributed by atoms with Crippen LogP contribution < -0.4 is 15.5 Å². The molecule has 1 aromatic carbocycles. The second-order valence-corrected chi connectivity index (χ2v) is 15.7. The first-order valence-electron chi connectivity index (χ1n) is 17.9. The highest BCUT2D eigenvalue weighted by Gasteiger charge is 2.63. The van der Waals surface area contributed by atoms with Crippen molar-refractivity contribution < 1.29 is 36.3 Å². The maximum Gasteiger partial charge on any atom is 0.410 e. The zero-order valence-electron chi connectivity index (χ0n) is 30.2. The highest BCUT2D eigenvalue weighted by molar-refractivity contribution is 5.94. The van der Waals surface area contributed by atoms with Crippen molar-refractivity contribution in [3.63, 3.8) is 0 Å². The first kappa shape index (κ1) is 35.9. The molecule has 2 unspecified atom stereocenters. The molecule has 3 aromatic heterocycles. The van der Waals surface area contributed by atoms with Gasteiger partial charge in [-0.15, -0.1) is 5.10 Å². The lowest BCUT2D eigenvalue weighted by Gasteiger charge is -2.57. The fraction of sp³-hybridized carbons (Fsp3) is 0.486. The van der Waals surface area contributed by atoms with Crippen LogP contribution in [0.1, 0.15) is 55.2 Å². The average Bonchev–Trinajstić information content (AvgIpc) is 3.41. The molecule has 6 heterocycles. The lowest BCUT2D eigenvalue weighted by atomic mass is 9.69. The van der Waals surface area contributed by atoms with Crippen LogP contribution in [-0.2, 0) is 17.7 Å². The number of ether oxygens (including phenoxy) is 1. The van der Waals surface area contributed by atoms with Gasteiger partial charge >= 0.3 is 6.09 Å². The van der Waals surface area contributed by atoms with Crippen LogP contribution in [0.5, 0.6) is 0 Å². The van der Waals surface area contributed by atoms with Crippen molar-refractivity contribution in [3.8, 4) is 11.3 Å². The topological polar surface area (TPSA) is 120 Å². The lowest BCUT2D eigenvalue weighted by molar-refractivity contribution is -0.223. The number of nitrogens with one attached hydrogen (secondary N) is 2. The number of aromatic nitrogens is 4. The predicted molar refractivity (Wildman–Crippen MR) is 189 cm³/mol. The van der Waals surface area contributed by atoms with Gasteiger partial charge in [0, 0.05) is 69.7 Å². The van der Waals surface area contributed by atoms with E-state index >= 15 is 17.6 Å². The minimum Gasteiger partial charge on any atom is -0.444 e. The molecule has 2 saturated heterocycles. The quantitative estimate of drug-likeness (QED) is 0.229. The Labute approximate surface area is 307 Å². The number of hydrogen-bond acceptors (Lipinski definition) is 9. The van der Waals surface area contributed by atoms with Gasteiger partial charge in [0.1, 0.15) is 29.1 Å². The summed E-state index contributed by atoms with van der Waals surface area (Å²) in [6, 6.07) is 5.04. The van der Waals surface area contributed by atoms with Gasteiger partial charge in [-0.05, 0) is 62.9 Å². The number of pyridine rings is 1. The van der Waals surface area contributed by atoms with Crippen LogP contribution >= 0.6 is 0 Å². The molecule has 12 nitrogen and oxygen atoms in total. The Bertz CT molecular complexity index is 2170. The van der Waals surface area contributed by atoms with E-state index in [-0.39, 0.29) is 56.0 Å². The molecule has 54 heavy (non-hydrogen) atoms. The number of nitrogens with zero attached hydrogens (tertiary/aromatic N) is 7. The number of carbonyl (C=O) groups is 2. The maximum absolute atomic E-state index is 15.8. The SMILES string of the molecule is CNc1cc(N2CCc3c(-c4ncc(CN5CC6(CCN(C(=O)OC(C)(C)C)CC6(F)F)C5)cc4F)cc(F)cc32)nn2c(C(=O)NC3CC3F)cnc12. The Morgan fingerprint density at radius 3 is 2.46 bits per heavy atom. The summed E-state index contributed by atoms with van der Waals surface area (Å²) in [6.45, 7) is 5.21. The summed E-state index contributed by atoms with van der Waals surface area (Å²) >= 11 is 0. The number of carbonyl (C=O) groups excluding carboxylic acids is 2. The minimum atomic E-state index is -3.13. The zero-order valence-corrected chi connectivity index (χ0v) is 30.2. The zero-order chi connectivity index (χ0) is 38.3. The molecule has 0 bridgehead atoms. The molecule has 1 aliphatic carbocycles. The van der Waals surface area contributed by atoms with E-state index in [1.165, 1.54) is 35.1 Å². The molecule has 2 amide bonds. The molecule has 4 aliphatic rings. The number of alkyl halides is 3. The van der Waals surface area contributed by atoms with Crippen molar-refractivity contribution in [2.24, 2.45) is 5.41 Å². The van der Waals surface area contributed by atoms with E-state index in [1.807, 2.05) is 0 Å². The molecule has 3 fully saturated rings. The van der Waals surface area contributed by atoms with E-state index in [4.69, 9.17) is 4.74 Å². The summed E-state index contributed by atoms with van der Waals surface area (Å²) in [5.41, 5.74) is 0.767. The Kier molecular flexibility index (Phi) is 8.50. The maximum atomic E-state index is 15.8. The summed E-state index contributed by atoms with van der Waals surface area (Å²) in [5, 5.41) is 10.3. The number of fused-ring (bicyclic) bond motifs is 2. The Hall–Kier alpha value is -5.06. The third-order valence-electron chi connectivity index (χ3n) is 10.6. The van der Waals surface area contributed by atoms with E-state index in [2.05, 4.69) is 25.7 Å². The molecule has 2 atom stereocenters. The molecule has 2 N–H and O–H groups in total.